The second-order valence-corrected chi connectivity index (χ2v) is 6.88. The van der Waals surface area contributed by atoms with Crippen molar-refractivity contribution in [3.05, 3.63) is 29.4 Å². The van der Waals surface area contributed by atoms with E-state index < -0.39 is 0 Å². The second-order valence-electron chi connectivity index (χ2n) is 6.88. The average molecular weight is 359 g/mol. The molecule has 2 aromatic rings. The fourth-order valence-electron chi connectivity index (χ4n) is 3.62. The topological polar surface area (TPSA) is 69.9 Å². The zero-order chi connectivity index (χ0) is 17.9. The van der Waals surface area contributed by atoms with E-state index in [9.17, 15) is 0 Å². The number of rotatable bonds is 4. The molecule has 0 aliphatic carbocycles. The van der Waals surface area contributed by atoms with Crippen molar-refractivity contribution in [3.8, 4) is 17.2 Å². The third-order valence-electron chi connectivity index (χ3n) is 5.04. The molecule has 1 fully saturated rings. The van der Waals surface area contributed by atoms with E-state index in [-0.39, 0.29) is 0 Å². The molecule has 140 valence electrons. The zero-order valence-corrected chi connectivity index (χ0v) is 15.4. The number of likely N-dealkylation sites (tertiary alicyclic amines) is 1. The van der Waals surface area contributed by atoms with E-state index in [0.717, 1.165) is 67.5 Å². The Balaban J connectivity index is 1.43. The maximum atomic E-state index is 5.83. The number of hydrogen-bond donors (Lipinski definition) is 0. The Morgan fingerprint density at radius 2 is 1.88 bits per heavy atom. The van der Waals surface area contributed by atoms with Crippen molar-refractivity contribution < 1.29 is 18.7 Å². The van der Waals surface area contributed by atoms with Crippen LogP contribution in [0.1, 0.15) is 42.5 Å². The maximum Gasteiger partial charge on any atom is 0.223 e. The number of benzene rings is 1. The molecule has 4 rings (SSSR count). The number of aromatic nitrogens is 2. The molecule has 26 heavy (non-hydrogen) atoms. The number of piperidine rings is 1. The predicted octanol–water partition coefficient (Wildman–Crippen LogP) is 2.93. The summed E-state index contributed by atoms with van der Waals surface area (Å²) in [6, 6.07) is 4.01. The number of fused-ring (bicyclic) bond motifs is 1. The highest BCUT2D eigenvalue weighted by Crippen LogP contribution is 2.37. The van der Waals surface area contributed by atoms with Gasteiger partial charge in [-0.05, 0) is 32.0 Å². The Bertz CT molecular complexity index is 753. The molecule has 7 nitrogen and oxygen atoms in total. The van der Waals surface area contributed by atoms with E-state index in [1.165, 1.54) is 0 Å². The molecule has 0 saturated carbocycles. The summed E-state index contributed by atoms with van der Waals surface area (Å²) in [5.74, 6) is 4.30. The molecule has 1 aromatic carbocycles. The Morgan fingerprint density at radius 3 is 2.54 bits per heavy atom. The first kappa shape index (κ1) is 17.1. The van der Waals surface area contributed by atoms with Crippen molar-refractivity contribution in [3.63, 3.8) is 0 Å². The van der Waals surface area contributed by atoms with Crippen molar-refractivity contribution >= 4 is 0 Å². The quantitative estimate of drug-likeness (QED) is 0.831. The van der Waals surface area contributed by atoms with Crippen LogP contribution < -0.4 is 14.2 Å². The summed E-state index contributed by atoms with van der Waals surface area (Å²) in [5.41, 5.74) is 1.13. The van der Waals surface area contributed by atoms with Crippen LogP contribution in [0.4, 0.5) is 0 Å². The maximum absolute atomic E-state index is 5.83. The van der Waals surface area contributed by atoms with Crippen LogP contribution in [0, 0.1) is 6.92 Å². The molecule has 3 heterocycles. The lowest BCUT2D eigenvalue weighted by Gasteiger charge is -2.31. The van der Waals surface area contributed by atoms with Crippen LogP contribution in [-0.2, 0) is 6.54 Å². The van der Waals surface area contributed by atoms with Crippen LogP contribution in [0.25, 0.3) is 0 Å². The van der Waals surface area contributed by atoms with Gasteiger partial charge in [0.15, 0.2) is 17.3 Å². The molecule has 0 atom stereocenters. The number of ether oxygens (including phenoxy) is 3. The van der Waals surface area contributed by atoms with Gasteiger partial charge in [0.2, 0.25) is 5.89 Å². The number of nitrogens with zero attached hydrogens (tertiary/aromatic N) is 3. The van der Waals surface area contributed by atoms with Gasteiger partial charge in [-0.3, -0.25) is 4.90 Å². The van der Waals surface area contributed by atoms with E-state index >= 15 is 0 Å². The third-order valence-corrected chi connectivity index (χ3v) is 5.04. The summed E-state index contributed by atoms with van der Waals surface area (Å²) in [6.07, 6.45) is 2.97. The smallest absolute Gasteiger partial charge is 0.223 e. The van der Waals surface area contributed by atoms with Crippen molar-refractivity contribution in [2.45, 2.75) is 38.6 Å². The lowest BCUT2D eigenvalue weighted by molar-refractivity contribution is 0.197. The number of hydrogen-bond acceptors (Lipinski definition) is 7. The van der Waals surface area contributed by atoms with E-state index in [0.29, 0.717) is 25.0 Å². The van der Waals surface area contributed by atoms with Gasteiger partial charge in [-0.1, -0.05) is 5.16 Å². The highest BCUT2D eigenvalue weighted by molar-refractivity contribution is 5.51. The van der Waals surface area contributed by atoms with Gasteiger partial charge in [0.1, 0.15) is 5.75 Å². The number of methoxy groups -OCH3 is 1. The van der Waals surface area contributed by atoms with Crippen LogP contribution in [0.3, 0.4) is 0 Å². The van der Waals surface area contributed by atoms with Crippen molar-refractivity contribution in [1.29, 1.82) is 0 Å². The molecular weight excluding hydrogens is 334 g/mol. The van der Waals surface area contributed by atoms with E-state index in [2.05, 4.69) is 21.1 Å². The largest absolute Gasteiger partial charge is 0.496 e. The van der Waals surface area contributed by atoms with Gasteiger partial charge < -0.3 is 18.7 Å². The summed E-state index contributed by atoms with van der Waals surface area (Å²) in [4.78, 5) is 6.82. The first-order valence-electron chi connectivity index (χ1n) is 9.22. The summed E-state index contributed by atoms with van der Waals surface area (Å²) >= 11 is 0. The molecule has 1 saturated heterocycles. The minimum atomic E-state index is 0.384. The van der Waals surface area contributed by atoms with Gasteiger partial charge in [-0.2, -0.15) is 4.98 Å². The van der Waals surface area contributed by atoms with Gasteiger partial charge in [0.05, 0.1) is 20.3 Å². The molecule has 7 heteroatoms. The van der Waals surface area contributed by atoms with Gasteiger partial charge in [-0.25, -0.2) is 0 Å². The molecular formula is C19H25N3O4. The Kier molecular flexibility index (Phi) is 4.97. The minimum absolute atomic E-state index is 0.384. The summed E-state index contributed by atoms with van der Waals surface area (Å²) in [5, 5.41) is 4.08. The van der Waals surface area contributed by atoms with Gasteiger partial charge in [0, 0.05) is 37.4 Å². The summed E-state index contributed by atoms with van der Waals surface area (Å²) in [7, 11) is 1.70. The molecule has 0 spiro atoms. The van der Waals surface area contributed by atoms with Crippen LogP contribution in [-0.4, -0.2) is 48.5 Å². The van der Waals surface area contributed by atoms with Gasteiger partial charge in [-0.15, -0.1) is 0 Å². The molecule has 0 bridgehead atoms. The average Bonchev–Trinajstić information content (AvgIpc) is 2.96. The van der Waals surface area contributed by atoms with E-state index in [4.69, 9.17) is 18.7 Å². The van der Waals surface area contributed by atoms with Crippen molar-refractivity contribution in [2.24, 2.45) is 0 Å². The lowest BCUT2D eigenvalue weighted by Crippen LogP contribution is -2.32. The Hall–Kier alpha value is -2.28. The number of aryl methyl sites for hydroxylation is 1. The fraction of sp³-hybridized carbons (Fsp3) is 0.579. The normalized spacial score (nSPS) is 18.5. The molecule has 0 unspecified atom stereocenters. The highest BCUT2D eigenvalue weighted by Gasteiger charge is 2.25. The van der Waals surface area contributed by atoms with E-state index in [1.54, 1.807) is 7.11 Å². The fourth-order valence-corrected chi connectivity index (χ4v) is 3.62. The van der Waals surface area contributed by atoms with E-state index in [1.807, 2.05) is 13.0 Å². The first-order chi connectivity index (χ1) is 12.7. The first-order valence-corrected chi connectivity index (χ1v) is 9.22. The predicted molar refractivity (Wildman–Crippen MR) is 94.9 cm³/mol. The highest BCUT2D eigenvalue weighted by atomic mass is 16.5. The lowest BCUT2D eigenvalue weighted by atomic mass is 9.95. The zero-order valence-electron chi connectivity index (χ0n) is 15.4. The third kappa shape index (κ3) is 3.62. The van der Waals surface area contributed by atoms with Gasteiger partial charge in [0.25, 0.3) is 0 Å². The van der Waals surface area contributed by atoms with Crippen LogP contribution in [0.15, 0.2) is 16.7 Å². The standard InChI is InChI=1S/C19H25N3O4/c1-13-20-19(21-26-13)14-4-6-22(7-5-14)12-15-10-17-18(11-16(15)23-2)25-9-3-8-24-17/h10-11,14H,3-9,12H2,1-2H3. The van der Waals surface area contributed by atoms with Crippen molar-refractivity contribution in [1.82, 2.24) is 15.0 Å². The second kappa shape index (κ2) is 7.53. The van der Waals surface area contributed by atoms with Crippen LogP contribution in [0.5, 0.6) is 17.2 Å². The summed E-state index contributed by atoms with van der Waals surface area (Å²) in [6.45, 7) is 6.03. The molecule has 2 aliphatic heterocycles. The molecule has 0 N–H and O–H groups in total. The SMILES string of the molecule is COc1cc2c(cc1CN1CCC(c3noc(C)n3)CC1)OCCCO2. The Morgan fingerprint density at radius 1 is 1.15 bits per heavy atom. The van der Waals surface area contributed by atoms with Crippen LogP contribution >= 0.6 is 0 Å². The molecule has 0 amide bonds. The van der Waals surface area contributed by atoms with Crippen molar-refractivity contribution in [2.75, 3.05) is 33.4 Å². The molecule has 0 radical (unpaired) electrons. The summed E-state index contributed by atoms with van der Waals surface area (Å²) < 4.78 is 22.3. The Labute approximate surface area is 153 Å². The molecule has 2 aliphatic rings. The molecule has 1 aromatic heterocycles. The monoisotopic (exact) mass is 359 g/mol. The minimum Gasteiger partial charge on any atom is -0.496 e. The van der Waals surface area contributed by atoms with Gasteiger partial charge >= 0.3 is 0 Å². The van der Waals surface area contributed by atoms with Crippen LogP contribution in [0.2, 0.25) is 0 Å².